The molecule has 1 fully saturated rings. The molecule has 0 saturated heterocycles. The molecule has 21 heavy (non-hydrogen) atoms. The number of urea groups is 1. The first-order chi connectivity index (χ1) is 10.1. The zero-order chi connectivity index (χ0) is 15.2. The smallest absolute Gasteiger partial charge is 0.315 e. The molecule has 1 aliphatic rings. The fourth-order valence-electron chi connectivity index (χ4n) is 2.73. The first kappa shape index (κ1) is 15.3. The lowest BCUT2D eigenvalue weighted by molar-refractivity contribution is -0.144. The van der Waals surface area contributed by atoms with E-state index in [-0.39, 0.29) is 24.4 Å². The van der Waals surface area contributed by atoms with Crippen LogP contribution in [-0.2, 0) is 11.3 Å². The standard InChI is InChI=1S/C14H21N3O4/c1-9-6-11(21-17-9)8-16-14(20)15-7-10-4-2-3-5-12(10)13(18)19/h6,10,12H,2-5,7-8H2,1H3,(H,18,19)(H2,15,16,20). The van der Waals surface area contributed by atoms with E-state index in [1.807, 2.05) is 6.92 Å². The van der Waals surface area contributed by atoms with Gasteiger partial charge in [-0.1, -0.05) is 18.0 Å². The highest BCUT2D eigenvalue weighted by Gasteiger charge is 2.30. The fourth-order valence-corrected chi connectivity index (χ4v) is 2.73. The van der Waals surface area contributed by atoms with Gasteiger partial charge in [0.2, 0.25) is 0 Å². The van der Waals surface area contributed by atoms with Crippen LogP contribution in [-0.4, -0.2) is 28.8 Å². The van der Waals surface area contributed by atoms with Gasteiger partial charge in [-0.2, -0.15) is 0 Å². The van der Waals surface area contributed by atoms with Crippen molar-refractivity contribution in [3.05, 3.63) is 17.5 Å². The topological polar surface area (TPSA) is 104 Å². The molecule has 116 valence electrons. The van der Waals surface area contributed by atoms with Crippen LogP contribution >= 0.6 is 0 Å². The monoisotopic (exact) mass is 295 g/mol. The molecule has 1 heterocycles. The summed E-state index contributed by atoms with van der Waals surface area (Å²) in [6.07, 6.45) is 3.51. The van der Waals surface area contributed by atoms with Gasteiger partial charge in [-0.05, 0) is 25.7 Å². The molecule has 0 spiro atoms. The summed E-state index contributed by atoms with van der Waals surface area (Å²) in [4.78, 5) is 22.9. The maximum Gasteiger partial charge on any atom is 0.315 e. The normalized spacial score (nSPS) is 21.8. The van der Waals surface area contributed by atoms with Crippen LogP contribution < -0.4 is 10.6 Å². The van der Waals surface area contributed by atoms with E-state index in [0.717, 1.165) is 25.0 Å². The molecule has 2 atom stereocenters. The molecular formula is C14H21N3O4. The van der Waals surface area contributed by atoms with Crippen LogP contribution in [0.25, 0.3) is 0 Å². The first-order valence-corrected chi connectivity index (χ1v) is 7.23. The molecule has 7 nitrogen and oxygen atoms in total. The number of nitrogens with one attached hydrogen (secondary N) is 2. The van der Waals surface area contributed by atoms with Gasteiger partial charge >= 0.3 is 12.0 Å². The summed E-state index contributed by atoms with van der Waals surface area (Å²) in [6, 6.07) is 1.43. The van der Waals surface area contributed by atoms with Crippen LogP contribution in [0.5, 0.6) is 0 Å². The number of nitrogens with zero attached hydrogens (tertiary/aromatic N) is 1. The number of aryl methyl sites for hydroxylation is 1. The Morgan fingerprint density at radius 3 is 2.81 bits per heavy atom. The van der Waals surface area contributed by atoms with Gasteiger partial charge in [0.05, 0.1) is 18.2 Å². The number of rotatable bonds is 5. The SMILES string of the molecule is Cc1cc(CNC(=O)NCC2CCCCC2C(=O)O)on1. The number of hydrogen-bond donors (Lipinski definition) is 3. The Bertz CT molecular complexity index is 500. The van der Waals surface area contributed by atoms with Crippen molar-refractivity contribution in [2.45, 2.75) is 39.2 Å². The number of aromatic nitrogens is 1. The summed E-state index contributed by atoms with van der Waals surface area (Å²) >= 11 is 0. The second kappa shape index (κ2) is 7.10. The molecule has 0 bridgehead atoms. The molecule has 7 heteroatoms. The van der Waals surface area contributed by atoms with Gasteiger partial charge in [0, 0.05) is 12.6 Å². The van der Waals surface area contributed by atoms with Crippen molar-refractivity contribution < 1.29 is 19.2 Å². The molecule has 2 rings (SSSR count). The van der Waals surface area contributed by atoms with E-state index in [9.17, 15) is 14.7 Å². The number of amides is 2. The minimum Gasteiger partial charge on any atom is -0.481 e. The molecule has 2 unspecified atom stereocenters. The van der Waals surface area contributed by atoms with Gasteiger partial charge in [0.25, 0.3) is 0 Å². The molecule has 1 saturated carbocycles. The minimum atomic E-state index is -0.765. The minimum absolute atomic E-state index is 0.00882. The van der Waals surface area contributed by atoms with Crippen molar-refractivity contribution in [3.63, 3.8) is 0 Å². The maximum atomic E-state index is 11.7. The predicted octanol–water partition coefficient (Wildman–Crippen LogP) is 1.67. The summed E-state index contributed by atoms with van der Waals surface area (Å²) in [5.74, 6) is -0.520. The first-order valence-electron chi connectivity index (χ1n) is 7.23. The Morgan fingerprint density at radius 1 is 1.38 bits per heavy atom. The number of carboxylic acids is 1. The van der Waals surface area contributed by atoms with Crippen molar-refractivity contribution >= 4 is 12.0 Å². The molecule has 0 radical (unpaired) electrons. The zero-order valence-corrected chi connectivity index (χ0v) is 12.1. The molecule has 0 aliphatic heterocycles. The van der Waals surface area contributed by atoms with E-state index in [1.165, 1.54) is 0 Å². The summed E-state index contributed by atoms with van der Waals surface area (Å²) in [7, 11) is 0. The lowest BCUT2D eigenvalue weighted by atomic mass is 9.79. The molecule has 1 aromatic heterocycles. The quantitative estimate of drug-likeness (QED) is 0.766. The van der Waals surface area contributed by atoms with E-state index in [4.69, 9.17) is 4.52 Å². The zero-order valence-electron chi connectivity index (χ0n) is 12.1. The van der Waals surface area contributed by atoms with E-state index in [1.54, 1.807) is 6.07 Å². The second-order valence-electron chi connectivity index (χ2n) is 5.49. The van der Waals surface area contributed by atoms with Gasteiger partial charge in [-0.3, -0.25) is 4.79 Å². The number of carbonyl (C=O) groups excluding carboxylic acids is 1. The number of carbonyl (C=O) groups is 2. The highest BCUT2D eigenvalue weighted by molar-refractivity contribution is 5.74. The van der Waals surface area contributed by atoms with Gasteiger partial charge in [-0.25, -0.2) is 4.79 Å². The Balaban J connectivity index is 1.73. The van der Waals surface area contributed by atoms with Crippen molar-refractivity contribution in [1.29, 1.82) is 0 Å². The van der Waals surface area contributed by atoms with Crippen molar-refractivity contribution in [1.82, 2.24) is 15.8 Å². The lowest BCUT2D eigenvalue weighted by Crippen LogP contribution is -2.41. The molecule has 0 aromatic carbocycles. The Kier molecular flexibility index (Phi) is 5.19. The molecule has 1 aliphatic carbocycles. The largest absolute Gasteiger partial charge is 0.481 e. The van der Waals surface area contributed by atoms with Gasteiger partial charge in [0.15, 0.2) is 5.76 Å². The van der Waals surface area contributed by atoms with Crippen molar-refractivity contribution in [3.8, 4) is 0 Å². The predicted molar refractivity (Wildman–Crippen MR) is 74.6 cm³/mol. The van der Waals surface area contributed by atoms with Crippen molar-refractivity contribution in [2.75, 3.05) is 6.54 Å². The van der Waals surface area contributed by atoms with Crippen LogP contribution in [0.2, 0.25) is 0 Å². The third-order valence-electron chi connectivity index (χ3n) is 3.85. The van der Waals surface area contributed by atoms with Crippen molar-refractivity contribution in [2.24, 2.45) is 11.8 Å². The molecule has 1 aromatic rings. The van der Waals surface area contributed by atoms with Crippen LogP contribution in [0.3, 0.4) is 0 Å². The molecular weight excluding hydrogens is 274 g/mol. The molecule has 2 amide bonds. The fraction of sp³-hybridized carbons (Fsp3) is 0.643. The third kappa shape index (κ3) is 4.47. The Hall–Kier alpha value is -2.05. The number of carboxylic acid groups (broad SMARTS) is 1. The van der Waals surface area contributed by atoms with E-state index in [2.05, 4.69) is 15.8 Å². The highest BCUT2D eigenvalue weighted by atomic mass is 16.5. The average Bonchev–Trinajstić information content (AvgIpc) is 2.88. The summed E-state index contributed by atoms with van der Waals surface area (Å²) in [5, 5.41) is 18.3. The highest BCUT2D eigenvalue weighted by Crippen LogP contribution is 2.29. The Labute approximate surface area is 123 Å². The van der Waals surface area contributed by atoms with E-state index < -0.39 is 5.97 Å². The van der Waals surface area contributed by atoms with Crippen LogP contribution in [0.15, 0.2) is 10.6 Å². The maximum absolute atomic E-state index is 11.7. The van der Waals surface area contributed by atoms with Crippen LogP contribution in [0.4, 0.5) is 4.79 Å². The lowest BCUT2D eigenvalue weighted by Gasteiger charge is -2.28. The average molecular weight is 295 g/mol. The van der Waals surface area contributed by atoms with E-state index >= 15 is 0 Å². The van der Waals surface area contributed by atoms with Gasteiger partial charge in [-0.15, -0.1) is 0 Å². The summed E-state index contributed by atoms with van der Waals surface area (Å²) < 4.78 is 4.99. The third-order valence-corrected chi connectivity index (χ3v) is 3.85. The van der Waals surface area contributed by atoms with Gasteiger partial charge < -0.3 is 20.3 Å². The number of hydrogen-bond acceptors (Lipinski definition) is 4. The summed E-state index contributed by atoms with van der Waals surface area (Å²) in [5.41, 5.74) is 0.763. The van der Waals surface area contributed by atoms with Crippen LogP contribution in [0, 0.1) is 18.8 Å². The second-order valence-corrected chi connectivity index (χ2v) is 5.49. The van der Waals surface area contributed by atoms with Gasteiger partial charge in [0.1, 0.15) is 0 Å². The number of aliphatic carboxylic acids is 1. The summed E-state index contributed by atoms with van der Waals surface area (Å²) in [6.45, 7) is 2.46. The molecule has 3 N–H and O–H groups in total. The Morgan fingerprint density at radius 2 is 2.14 bits per heavy atom. The van der Waals surface area contributed by atoms with Crippen LogP contribution in [0.1, 0.15) is 37.1 Å². The van der Waals surface area contributed by atoms with E-state index in [0.29, 0.717) is 18.7 Å².